The second-order valence-corrected chi connectivity index (χ2v) is 1.94. The van der Waals surface area contributed by atoms with Crippen molar-refractivity contribution >= 4 is 6.41 Å². The van der Waals surface area contributed by atoms with Crippen LogP contribution in [0.5, 0.6) is 0 Å². The molecule has 0 aliphatic rings. The van der Waals surface area contributed by atoms with Gasteiger partial charge in [-0.15, -0.1) is 0 Å². The molecule has 1 radical (unpaired) electrons. The van der Waals surface area contributed by atoms with Crippen LogP contribution in [0.3, 0.4) is 0 Å². The van der Waals surface area contributed by atoms with E-state index in [1.54, 1.807) is 13.5 Å². The number of nitrogens with zero attached hydrogens (tertiary/aromatic N) is 1. The Morgan fingerprint density at radius 1 is 1.56 bits per heavy atom. The van der Waals surface area contributed by atoms with Gasteiger partial charge in [0.15, 0.2) is 0 Å². The van der Waals surface area contributed by atoms with Crippen LogP contribution >= 0.6 is 0 Å². The summed E-state index contributed by atoms with van der Waals surface area (Å²) in [5, 5.41) is 8.33. The van der Waals surface area contributed by atoms with E-state index in [-0.39, 0.29) is 6.61 Å². The summed E-state index contributed by atoms with van der Waals surface area (Å²) in [6.45, 7) is 0.886. The van der Waals surface area contributed by atoms with Gasteiger partial charge in [0, 0.05) is 20.2 Å². The molecule has 53 valence electrons. The van der Waals surface area contributed by atoms with E-state index in [1.807, 2.05) is 0 Å². The molecule has 0 aliphatic heterocycles. The van der Waals surface area contributed by atoms with E-state index in [2.05, 4.69) is 0 Å². The first-order valence-electron chi connectivity index (χ1n) is 3.01. The third-order valence-electron chi connectivity index (χ3n) is 1.06. The van der Waals surface area contributed by atoms with E-state index in [0.717, 1.165) is 12.8 Å². The molecule has 0 aromatic rings. The predicted octanol–water partition coefficient (Wildman–Crippen LogP) is -0.242. The molecule has 0 unspecified atom stereocenters. The second-order valence-electron chi connectivity index (χ2n) is 1.94. The van der Waals surface area contributed by atoms with Crippen LogP contribution in [0.2, 0.25) is 0 Å². The molecule has 1 amide bonds. The monoisotopic (exact) mass is 130 g/mol. The van der Waals surface area contributed by atoms with Gasteiger partial charge in [-0.25, -0.2) is 0 Å². The van der Waals surface area contributed by atoms with Crippen LogP contribution in [0.4, 0.5) is 0 Å². The van der Waals surface area contributed by atoms with Crippen LogP contribution in [0.25, 0.3) is 0 Å². The van der Waals surface area contributed by atoms with Crippen LogP contribution in [0.1, 0.15) is 12.8 Å². The van der Waals surface area contributed by atoms with Crippen LogP contribution in [0, 0.1) is 0 Å². The van der Waals surface area contributed by atoms with Crippen LogP contribution < -0.4 is 0 Å². The average molecular weight is 130 g/mol. The summed E-state index contributed by atoms with van der Waals surface area (Å²) in [6.07, 6.45) is 3.33. The molecule has 0 bridgehead atoms. The summed E-state index contributed by atoms with van der Waals surface area (Å²) >= 11 is 0. The van der Waals surface area contributed by atoms with Gasteiger partial charge < -0.3 is 10.0 Å². The van der Waals surface area contributed by atoms with Gasteiger partial charge in [0.05, 0.1) is 0 Å². The zero-order valence-corrected chi connectivity index (χ0v) is 5.63. The summed E-state index contributed by atoms with van der Waals surface area (Å²) in [5.41, 5.74) is 0. The van der Waals surface area contributed by atoms with Crippen molar-refractivity contribution in [3.63, 3.8) is 0 Å². The Bertz CT molecular complexity index is 75.5. The van der Waals surface area contributed by atoms with Crippen molar-refractivity contribution in [3.8, 4) is 0 Å². The van der Waals surface area contributed by atoms with Gasteiger partial charge >= 0.3 is 6.41 Å². The Morgan fingerprint density at radius 2 is 2.22 bits per heavy atom. The van der Waals surface area contributed by atoms with Gasteiger partial charge in [0.1, 0.15) is 0 Å². The summed E-state index contributed by atoms with van der Waals surface area (Å²) < 4.78 is 0. The number of hydrogen-bond donors (Lipinski definition) is 1. The molecule has 0 aromatic carbocycles. The molecule has 3 nitrogen and oxygen atoms in total. The molecule has 0 aliphatic carbocycles. The van der Waals surface area contributed by atoms with Crippen molar-refractivity contribution in [2.45, 2.75) is 12.8 Å². The normalized spacial score (nSPS) is 9.11. The van der Waals surface area contributed by atoms with Gasteiger partial charge in [0.25, 0.3) is 0 Å². The fourth-order valence-electron chi connectivity index (χ4n) is 0.506. The Hall–Kier alpha value is -0.570. The zero-order chi connectivity index (χ0) is 7.11. The van der Waals surface area contributed by atoms with Gasteiger partial charge in [-0.3, -0.25) is 4.79 Å². The number of amides is 1. The highest BCUT2D eigenvalue weighted by Crippen LogP contribution is 1.87. The maximum atomic E-state index is 9.84. The SMILES string of the molecule is CN([C]=O)CCCCO. The smallest absolute Gasteiger partial charge is 0.311 e. The van der Waals surface area contributed by atoms with Crippen LogP contribution in [-0.2, 0) is 4.79 Å². The average Bonchev–Trinajstić information content (AvgIpc) is 1.89. The van der Waals surface area contributed by atoms with Gasteiger partial charge in [-0.2, -0.15) is 0 Å². The molecule has 0 fully saturated rings. The Kier molecular flexibility index (Phi) is 5.21. The number of aliphatic hydroxyl groups is 1. The van der Waals surface area contributed by atoms with E-state index in [1.165, 1.54) is 4.90 Å². The van der Waals surface area contributed by atoms with Crippen molar-refractivity contribution in [1.29, 1.82) is 0 Å². The third-order valence-corrected chi connectivity index (χ3v) is 1.06. The molecule has 0 spiro atoms. The highest BCUT2D eigenvalue weighted by molar-refractivity contribution is 5.47. The van der Waals surface area contributed by atoms with Gasteiger partial charge in [-0.05, 0) is 12.8 Å². The van der Waals surface area contributed by atoms with E-state index in [0.29, 0.717) is 6.54 Å². The standard InChI is InChI=1S/C6H12NO2/c1-7(6-9)4-2-3-5-8/h8H,2-5H2,1H3. The highest BCUT2D eigenvalue weighted by atomic mass is 16.2. The minimum Gasteiger partial charge on any atom is -0.396 e. The molecule has 0 heterocycles. The lowest BCUT2D eigenvalue weighted by atomic mass is 10.3. The molecular weight excluding hydrogens is 118 g/mol. The second kappa shape index (κ2) is 5.56. The molecule has 0 aromatic heterocycles. The van der Waals surface area contributed by atoms with E-state index >= 15 is 0 Å². The zero-order valence-electron chi connectivity index (χ0n) is 5.63. The van der Waals surface area contributed by atoms with Crippen molar-refractivity contribution in [1.82, 2.24) is 4.90 Å². The van der Waals surface area contributed by atoms with E-state index in [4.69, 9.17) is 5.11 Å². The summed E-state index contributed by atoms with van der Waals surface area (Å²) in [6, 6.07) is 0. The van der Waals surface area contributed by atoms with Crippen molar-refractivity contribution < 1.29 is 9.90 Å². The first-order chi connectivity index (χ1) is 4.31. The lowest BCUT2D eigenvalue weighted by Gasteiger charge is -2.06. The minimum atomic E-state index is 0.201. The fraction of sp³-hybridized carbons (Fsp3) is 0.833. The van der Waals surface area contributed by atoms with E-state index in [9.17, 15) is 4.79 Å². The number of rotatable bonds is 5. The number of unbranched alkanes of at least 4 members (excludes halogenated alkanes) is 1. The Balaban J connectivity index is 2.96. The van der Waals surface area contributed by atoms with Crippen molar-refractivity contribution in [3.05, 3.63) is 0 Å². The number of carbonyl (C=O) groups excluding carboxylic acids is 1. The fourth-order valence-corrected chi connectivity index (χ4v) is 0.506. The first kappa shape index (κ1) is 8.43. The lowest BCUT2D eigenvalue weighted by molar-refractivity contribution is 0.278. The largest absolute Gasteiger partial charge is 0.396 e. The Morgan fingerprint density at radius 3 is 2.67 bits per heavy atom. The summed E-state index contributed by atoms with van der Waals surface area (Å²) in [7, 11) is 1.67. The molecule has 0 saturated carbocycles. The minimum absolute atomic E-state index is 0.201. The van der Waals surface area contributed by atoms with Crippen molar-refractivity contribution in [2.24, 2.45) is 0 Å². The van der Waals surface area contributed by atoms with E-state index < -0.39 is 0 Å². The topological polar surface area (TPSA) is 40.5 Å². The quantitative estimate of drug-likeness (QED) is 0.412. The molecule has 0 atom stereocenters. The molecule has 0 rings (SSSR count). The summed E-state index contributed by atoms with van der Waals surface area (Å²) in [4.78, 5) is 11.3. The summed E-state index contributed by atoms with van der Waals surface area (Å²) in [5.74, 6) is 0. The molecule has 0 saturated heterocycles. The predicted molar refractivity (Wildman–Crippen MR) is 34.6 cm³/mol. The molecule has 3 heteroatoms. The van der Waals surface area contributed by atoms with Crippen LogP contribution in [0.15, 0.2) is 0 Å². The molecule has 9 heavy (non-hydrogen) atoms. The van der Waals surface area contributed by atoms with Crippen LogP contribution in [-0.4, -0.2) is 36.6 Å². The third kappa shape index (κ3) is 5.30. The molecule has 1 N–H and O–H groups in total. The number of aliphatic hydroxyl groups excluding tert-OH is 1. The number of hydrogen-bond acceptors (Lipinski definition) is 2. The highest BCUT2D eigenvalue weighted by Gasteiger charge is 1.91. The Labute approximate surface area is 55.3 Å². The molecular formula is C6H12NO2. The first-order valence-corrected chi connectivity index (χ1v) is 3.01. The lowest BCUT2D eigenvalue weighted by Crippen LogP contribution is -2.17. The van der Waals surface area contributed by atoms with Gasteiger partial charge in [0.2, 0.25) is 0 Å². The maximum absolute atomic E-state index is 9.84. The van der Waals surface area contributed by atoms with Crippen molar-refractivity contribution in [2.75, 3.05) is 20.2 Å². The van der Waals surface area contributed by atoms with Gasteiger partial charge in [-0.1, -0.05) is 0 Å². The maximum Gasteiger partial charge on any atom is 0.311 e.